The van der Waals surface area contributed by atoms with Gasteiger partial charge in [0.15, 0.2) is 5.78 Å². The van der Waals surface area contributed by atoms with E-state index in [0.29, 0.717) is 30.6 Å². The standard InChI is InChI=1S/C17H21NO5/c1-23-14-6-3-11(4-7-14)15(19)8-9-16(20)18-13-5-2-12(10-13)17(21)22/h3-4,6-7,12-13H,2,5,8-10H2,1H3,(H,18,20)(H,21,22)/t12-,13+/m1/s1. The van der Waals surface area contributed by atoms with Crippen LogP contribution in [-0.2, 0) is 9.59 Å². The molecule has 6 nitrogen and oxygen atoms in total. The third-order valence-electron chi connectivity index (χ3n) is 4.14. The van der Waals surface area contributed by atoms with Gasteiger partial charge in [-0.1, -0.05) is 0 Å². The molecular formula is C17H21NO5. The highest BCUT2D eigenvalue weighted by Gasteiger charge is 2.30. The fraction of sp³-hybridized carbons (Fsp3) is 0.471. The third-order valence-corrected chi connectivity index (χ3v) is 4.14. The summed E-state index contributed by atoms with van der Waals surface area (Å²) in [6, 6.07) is 6.66. The SMILES string of the molecule is COc1ccc(C(=O)CCC(=O)N[C@H]2CC[C@@H](C(=O)O)C2)cc1. The monoisotopic (exact) mass is 319 g/mol. The van der Waals surface area contributed by atoms with Crippen molar-refractivity contribution in [2.24, 2.45) is 5.92 Å². The Hall–Kier alpha value is -2.37. The first kappa shape index (κ1) is 17.0. The molecule has 0 heterocycles. The average Bonchev–Trinajstić information content (AvgIpc) is 3.01. The third kappa shape index (κ3) is 4.81. The summed E-state index contributed by atoms with van der Waals surface area (Å²) in [5, 5.41) is 11.8. The minimum Gasteiger partial charge on any atom is -0.497 e. The topological polar surface area (TPSA) is 92.7 Å². The lowest BCUT2D eigenvalue weighted by atomic mass is 10.1. The lowest BCUT2D eigenvalue weighted by molar-refractivity contribution is -0.141. The highest BCUT2D eigenvalue weighted by Crippen LogP contribution is 2.25. The Balaban J connectivity index is 1.75. The zero-order chi connectivity index (χ0) is 16.8. The zero-order valence-electron chi connectivity index (χ0n) is 13.1. The van der Waals surface area contributed by atoms with Crippen molar-refractivity contribution in [3.63, 3.8) is 0 Å². The summed E-state index contributed by atoms with van der Waals surface area (Å²) < 4.78 is 5.03. The first-order chi connectivity index (χ1) is 11.0. The highest BCUT2D eigenvalue weighted by atomic mass is 16.5. The van der Waals surface area contributed by atoms with Crippen LogP contribution in [0.4, 0.5) is 0 Å². The Morgan fingerprint density at radius 1 is 1.17 bits per heavy atom. The molecule has 0 unspecified atom stereocenters. The van der Waals surface area contributed by atoms with Gasteiger partial charge in [-0.25, -0.2) is 0 Å². The maximum atomic E-state index is 12.0. The smallest absolute Gasteiger partial charge is 0.306 e. The number of hydrogen-bond acceptors (Lipinski definition) is 4. The molecule has 2 atom stereocenters. The average molecular weight is 319 g/mol. The molecule has 1 aliphatic rings. The molecule has 0 saturated heterocycles. The van der Waals surface area contributed by atoms with Crippen molar-refractivity contribution in [2.75, 3.05) is 7.11 Å². The van der Waals surface area contributed by atoms with Crippen molar-refractivity contribution >= 4 is 17.7 Å². The number of nitrogens with one attached hydrogen (secondary N) is 1. The van der Waals surface area contributed by atoms with E-state index < -0.39 is 5.97 Å². The molecule has 1 amide bonds. The van der Waals surface area contributed by atoms with Crippen LogP contribution in [0.1, 0.15) is 42.5 Å². The van der Waals surface area contributed by atoms with Gasteiger partial charge in [0, 0.05) is 24.4 Å². The van der Waals surface area contributed by atoms with Gasteiger partial charge in [-0.15, -0.1) is 0 Å². The highest BCUT2D eigenvalue weighted by molar-refractivity contribution is 5.98. The second kappa shape index (κ2) is 7.76. The van der Waals surface area contributed by atoms with Crippen LogP contribution < -0.4 is 10.1 Å². The van der Waals surface area contributed by atoms with Gasteiger partial charge in [0.2, 0.25) is 5.91 Å². The Kier molecular flexibility index (Phi) is 5.73. The Morgan fingerprint density at radius 2 is 1.87 bits per heavy atom. The normalized spacial score (nSPS) is 20.0. The second-order valence-electron chi connectivity index (χ2n) is 5.76. The summed E-state index contributed by atoms with van der Waals surface area (Å²) in [4.78, 5) is 34.8. The molecule has 0 radical (unpaired) electrons. The van der Waals surface area contributed by atoms with E-state index in [9.17, 15) is 14.4 Å². The van der Waals surface area contributed by atoms with Gasteiger partial charge >= 0.3 is 5.97 Å². The molecule has 2 rings (SSSR count). The van der Waals surface area contributed by atoms with Crippen molar-refractivity contribution in [1.29, 1.82) is 0 Å². The number of aliphatic carboxylic acids is 1. The van der Waals surface area contributed by atoms with Gasteiger partial charge in [0.25, 0.3) is 0 Å². The Labute approximate surface area is 134 Å². The minimum atomic E-state index is -0.809. The van der Waals surface area contributed by atoms with E-state index in [1.54, 1.807) is 31.4 Å². The number of carbonyl (C=O) groups is 3. The van der Waals surface area contributed by atoms with Gasteiger partial charge in [0.05, 0.1) is 13.0 Å². The molecule has 0 aromatic heterocycles. The van der Waals surface area contributed by atoms with Crippen molar-refractivity contribution in [1.82, 2.24) is 5.32 Å². The summed E-state index contributed by atoms with van der Waals surface area (Å²) in [5.74, 6) is -0.813. The number of ketones is 1. The van der Waals surface area contributed by atoms with E-state index >= 15 is 0 Å². The van der Waals surface area contributed by atoms with Crippen molar-refractivity contribution in [3.8, 4) is 5.75 Å². The fourth-order valence-electron chi connectivity index (χ4n) is 2.79. The fourth-order valence-corrected chi connectivity index (χ4v) is 2.79. The molecule has 1 aromatic carbocycles. The molecule has 0 aliphatic heterocycles. The second-order valence-corrected chi connectivity index (χ2v) is 5.76. The lowest BCUT2D eigenvalue weighted by Crippen LogP contribution is -2.33. The molecule has 124 valence electrons. The van der Waals surface area contributed by atoms with E-state index in [0.717, 1.165) is 0 Å². The van der Waals surface area contributed by atoms with Crippen LogP contribution in [0.3, 0.4) is 0 Å². The predicted octanol–water partition coefficient (Wildman–Crippen LogP) is 2.03. The first-order valence-electron chi connectivity index (χ1n) is 7.69. The number of carboxylic acids is 1. The van der Waals surface area contributed by atoms with Crippen LogP contribution in [0.5, 0.6) is 5.75 Å². The van der Waals surface area contributed by atoms with Gasteiger partial charge in [-0.2, -0.15) is 0 Å². The molecule has 0 bridgehead atoms. The molecule has 1 aliphatic carbocycles. The number of hydrogen-bond donors (Lipinski definition) is 2. The number of Topliss-reactive ketones (excluding diaryl/α,β-unsaturated/α-hetero) is 1. The summed E-state index contributed by atoms with van der Waals surface area (Å²) >= 11 is 0. The lowest BCUT2D eigenvalue weighted by Gasteiger charge is -2.12. The molecule has 2 N–H and O–H groups in total. The zero-order valence-corrected chi connectivity index (χ0v) is 13.1. The molecule has 1 saturated carbocycles. The van der Waals surface area contributed by atoms with Crippen molar-refractivity contribution < 1.29 is 24.2 Å². The van der Waals surface area contributed by atoms with Gasteiger partial charge in [-0.3, -0.25) is 14.4 Å². The maximum absolute atomic E-state index is 12.0. The number of carbonyl (C=O) groups excluding carboxylic acids is 2. The van der Waals surface area contributed by atoms with Gasteiger partial charge < -0.3 is 15.2 Å². The number of methoxy groups -OCH3 is 1. The van der Waals surface area contributed by atoms with Crippen LogP contribution in [-0.4, -0.2) is 35.9 Å². The van der Waals surface area contributed by atoms with Crippen molar-refractivity contribution in [2.45, 2.75) is 38.1 Å². The summed E-state index contributed by atoms with van der Waals surface area (Å²) in [6.45, 7) is 0. The predicted molar refractivity (Wildman–Crippen MR) is 83.5 cm³/mol. The van der Waals surface area contributed by atoms with Crippen LogP contribution in [0.25, 0.3) is 0 Å². The van der Waals surface area contributed by atoms with E-state index in [1.165, 1.54) is 0 Å². The molecular weight excluding hydrogens is 298 g/mol. The van der Waals surface area contributed by atoms with Crippen LogP contribution in [0.15, 0.2) is 24.3 Å². The molecule has 0 spiro atoms. The summed E-state index contributed by atoms with van der Waals surface area (Å²) in [7, 11) is 1.55. The number of carboxylic acid groups (broad SMARTS) is 1. The van der Waals surface area contributed by atoms with Crippen molar-refractivity contribution in [3.05, 3.63) is 29.8 Å². The molecule has 6 heteroatoms. The van der Waals surface area contributed by atoms with E-state index in [2.05, 4.69) is 5.32 Å². The summed E-state index contributed by atoms with van der Waals surface area (Å²) in [5.41, 5.74) is 0.547. The molecule has 1 aromatic rings. The quantitative estimate of drug-likeness (QED) is 0.750. The Morgan fingerprint density at radius 3 is 2.43 bits per heavy atom. The van der Waals surface area contributed by atoms with E-state index in [-0.39, 0.29) is 36.5 Å². The maximum Gasteiger partial charge on any atom is 0.306 e. The van der Waals surface area contributed by atoms with Crippen LogP contribution in [0.2, 0.25) is 0 Å². The minimum absolute atomic E-state index is 0.0975. The number of ether oxygens (including phenoxy) is 1. The van der Waals surface area contributed by atoms with Crippen LogP contribution >= 0.6 is 0 Å². The number of rotatable bonds is 7. The van der Waals surface area contributed by atoms with E-state index in [1.807, 2.05) is 0 Å². The van der Waals surface area contributed by atoms with Gasteiger partial charge in [-0.05, 0) is 43.5 Å². The molecule has 23 heavy (non-hydrogen) atoms. The largest absolute Gasteiger partial charge is 0.497 e. The van der Waals surface area contributed by atoms with Crippen LogP contribution in [0, 0.1) is 5.92 Å². The molecule has 1 fully saturated rings. The first-order valence-corrected chi connectivity index (χ1v) is 7.69. The van der Waals surface area contributed by atoms with Gasteiger partial charge in [0.1, 0.15) is 5.75 Å². The summed E-state index contributed by atoms with van der Waals surface area (Å²) in [6.07, 6.45) is 1.97. The van der Waals surface area contributed by atoms with E-state index in [4.69, 9.17) is 9.84 Å². The number of benzene rings is 1. The Bertz CT molecular complexity index is 581. The number of amides is 1.